The molecule has 3 aromatic rings. The van der Waals surface area contributed by atoms with E-state index in [2.05, 4.69) is 4.98 Å². The lowest BCUT2D eigenvalue weighted by molar-refractivity contribution is 0.485. The molecular weight excluding hydrogens is 398 g/mol. The maximum Gasteiger partial charge on any atom is 0.339 e. The molecule has 0 aliphatic carbocycles. The third kappa shape index (κ3) is 3.98. The van der Waals surface area contributed by atoms with Crippen LogP contribution in [-0.2, 0) is 20.0 Å². The Balaban J connectivity index is 2.01. The molecule has 1 aromatic heterocycles. The van der Waals surface area contributed by atoms with Crippen molar-refractivity contribution in [1.29, 1.82) is 0 Å². The van der Waals surface area contributed by atoms with Crippen LogP contribution < -0.4 is 4.18 Å². The van der Waals surface area contributed by atoms with E-state index in [4.69, 9.17) is 4.18 Å². The first-order valence-electron chi connectivity index (χ1n) is 8.65. The van der Waals surface area contributed by atoms with Crippen molar-refractivity contribution in [2.75, 3.05) is 0 Å². The van der Waals surface area contributed by atoms with Crippen LogP contribution >= 0.6 is 0 Å². The summed E-state index contributed by atoms with van der Waals surface area (Å²) < 4.78 is 56.0. The van der Waals surface area contributed by atoms with E-state index in [1.54, 1.807) is 18.2 Å². The molecule has 0 spiro atoms. The molecule has 28 heavy (non-hydrogen) atoms. The molecule has 0 bridgehead atoms. The SMILES string of the molecule is Cc1ccc(S(=O)(=O)Oc2ccc(S(=O)(=O)c3ccc[nH]3)c(C(C)C)c2)cc1. The first-order chi connectivity index (χ1) is 13.1. The van der Waals surface area contributed by atoms with Gasteiger partial charge in [0.2, 0.25) is 9.84 Å². The molecule has 0 aliphatic rings. The predicted molar refractivity (Wildman–Crippen MR) is 106 cm³/mol. The summed E-state index contributed by atoms with van der Waals surface area (Å²) >= 11 is 0. The van der Waals surface area contributed by atoms with Crippen molar-refractivity contribution in [3.8, 4) is 5.75 Å². The van der Waals surface area contributed by atoms with Crippen molar-refractivity contribution in [2.24, 2.45) is 0 Å². The minimum atomic E-state index is -4.02. The maximum absolute atomic E-state index is 12.9. The second-order valence-corrected chi connectivity index (χ2v) is 10.2. The molecule has 3 rings (SSSR count). The molecule has 0 saturated heterocycles. The number of H-pyrrole nitrogens is 1. The molecule has 0 amide bonds. The Morgan fingerprint density at radius 3 is 2.18 bits per heavy atom. The zero-order chi connectivity index (χ0) is 20.5. The summed E-state index contributed by atoms with van der Waals surface area (Å²) in [6, 6.07) is 13.6. The highest BCUT2D eigenvalue weighted by molar-refractivity contribution is 7.91. The van der Waals surface area contributed by atoms with Crippen molar-refractivity contribution in [2.45, 2.75) is 41.5 Å². The summed E-state index contributed by atoms with van der Waals surface area (Å²) in [5.41, 5.74) is 1.41. The molecule has 0 saturated carbocycles. The average Bonchev–Trinajstić information content (AvgIpc) is 3.17. The fourth-order valence-electron chi connectivity index (χ4n) is 2.75. The first-order valence-corrected chi connectivity index (χ1v) is 11.5. The van der Waals surface area contributed by atoms with Crippen LogP contribution in [0.3, 0.4) is 0 Å². The van der Waals surface area contributed by atoms with Crippen LogP contribution in [0.5, 0.6) is 5.75 Å². The topological polar surface area (TPSA) is 93.3 Å². The van der Waals surface area contributed by atoms with Crippen molar-refractivity contribution in [1.82, 2.24) is 4.98 Å². The summed E-state index contributed by atoms with van der Waals surface area (Å²) in [6.45, 7) is 5.53. The highest BCUT2D eigenvalue weighted by Gasteiger charge is 2.25. The van der Waals surface area contributed by atoms with E-state index in [9.17, 15) is 16.8 Å². The number of aromatic amines is 1. The number of benzene rings is 2. The van der Waals surface area contributed by atoms with E-state index < -0.39 is 20.0 Å². The highest BCUT2D eigenvalue weighted by Crippen LogP contribution is 2.32. The summed E-state index contributed by atoms with van der Waals surface area (Å²) in [7, 11) is -7.77. The van der Waals surface area contributed by atoms with E-state index in [0.29, 0.717) is 5.56 Å². The molecule has 8 heteroatoms. The molecule has 0 fully saturated rings. The number of sulfone groups is 1. The number of aromatic nitrogens is 1. The molecule has 2 aromatic carbocycles. The Kier molecular flexibility index (Phi) is 5.36. The fourth-order valence-corrected chi connectivity index (χ4v) is 5.25. The standard InChI is InChI=1S/C20H21NO5S2/c1-14(2)18-13-16(26-28(24,25)17-9-6-15(3)7-10-17)8-11-19(18)27(22,23)20-5-4-12-21-20/h4-14,21H,1-3H3. The van der Waals surface area contributed by atoms with E-state index >= 15 is 0 Å². The Morgan fingerprint density at radius 2 is 1.61 bits per heavy atom. The number of rotatable bonds is 6. The lowest BCUT2D eigenvalue weighted by atomic mass is 10.0. The summed E-state index contributed by atoms with van der Waals surface area (Å²) in [6.07, 6.45) is 1.54. The van der Waals surface area contributed by atoms with Gasteiger partial charge in [-0.25, -0.2) is 8.42 Å². The van der Waals surface area contributed by atoms with Gasteiger partial charge in [0.1, 0.15) is 15.7 Å². The quantitative estimate of drug-likeness (QED) is 0.609. The van der Waals surface area contributed by atoms with E-state index in [0.717, 1.165) is 5.56 Å². The average molecular weight is 420 g/mol. The summed E-state index contributed by atoms with van der Waals surface area (Å²) in [5, 5.41) is 0.0790. The molecule has 148 valence electrons. The molecule has 0 atom stereocenters. The van der Waals surface area contributed by atoms with Crippen LogP contribution in [0.4, 0.5) is 0 Å². The minimum absolute atomic E-state index is 0.0345. The Hall–Kier alpha value is -2.58. The van der Waals surface area contributed by atoms with Crippen molar-refractivity contribution in [3.63, 3.8) is 0 Å². The second-order valence-electron chi connectivity index (χ2n) is 6.74. The van der Waals surface area contributed by atoms with E-state index in [-0.39, 0.29) is 26.5 Å². The van der Waals surface area contributed by atoms with Crippen LogP contribution in [0, 0.1) is 6.92 Å². The van der Waals surface area contributed by atoms with Gasteiger partial charge in [-0.15, -0.1) is 0 Å². The van der Waals surface area contributed by atoms with Crippen LogP contribution in [0.25, 0.3) is 0 Å². The van der Waals surface area contributed by atoms with Crippen LogP contribution in [-0.4, -0.2) is 21.8 Å². The normalized spacial score (nSPS) is 12.3. The monoisotopic (exact) mass is 419 g/mol. The van der Waals surface area contributed by atoms with Gasteiger partial charge in [-0.1, -0.05) is 31.5 Å². The Labute approximate surface area is 165 Å². The molecule has 6 nitrogen and oxygen atoms in total. The van der Waals surface area contributed by atoms with Crippen molar-refractivity contribution in [3.05, 3.63) is 71.9 Å². The number of hydrogen-bond donors (Lipinski definition) is 1. The Morgan fingerprint density at radius 1 is 0.929 bits per heavy atom. The molecular formula is C20H21NO5S2. The lowest BCUT2D eigenvalue weighted by Gasteiger charge is -2.15. The zero-order valence-corrected chi connectivity index (χ0v) is 17.3. The van der Waals surface area contributed by atoms with Gasteiger partial charge in [0, 0.05) is 6.20 Å². The zero-order valence-electron chi connectivity index (χ0n) is 15.7. The number of hydrogen-bond acceptors (Lipinski definition) is 5. The smallest absolute Gasteiger partial charge is 0.339 e. The largest absolute Gasteiger partial charge is 0.379 e. The molecule has 0 unspecified atom stereocenters. The van der Waals surface area contributed by atoms with Crippen LogP contribution in [0.15, 0.2) is 75.6 Å². The van der Waals surface area contributed by atoms with Gasteiger partial charge in [0.05, 0.1) is 4.90 Å². The van der Waals surface area contributed by atoms with E-state index in [1.165, 1.54) is 42.6 Å². The second kappa shape index (κ2) is 7.44. The van der Waals surface area contributed by atoms with Gasteiger partial charge in [0.15, 0.2) is 0 Å². The number of aryl methyl sites for hydroxylation is 1. The molecule has 0 aliphatic heterocycles. The fraction of sp³-hybridized carbons (Fsp3) is 0.200. The van der Waals surface area contributed by atoms with Crippen LogP contribution in [0.2, 0.25) is 0 Å². The van der Waals surface area contributed by atoms with Gasteiger partial charge in [0.25, 0.3) is 0 Å². The maximum atomic E-state index is 12.9. The molecule has 1 heterocycles. The third-order valence-electron chi connectivity index (χ3n) is 4.27. The minimum Gasteiger partial charge on any atom is -0.379 e. The van der Waals surface area contributed by atoms with Gasteiger partial charge in [-0.05, 0) is 60.9 Å². The third-order valence-corrected chi connectivity index (χ3v) is 7.31. The van der Waals surface area contributed by atoms with Crippen LogP contribution in [0.1, 0.15) is 30.9 Å². The summed E-state index contributed by atoms with van der Waals surface area (Å²) in [4.78, 5) is 2.86. The predicted octanol–water partition coefficient (Wildman–Crippen LogP) is 4.05. The van der Waals surface area contributed by atoms with Gasteiger partial charge < -0.3 is 9.17 Å². The van der Waals surface area contributed by atoms with Gasteiger partial charge in [-0.2, -0.15) is 8.42 Å². The lowest BCUT2D eigenvalue weighted by Crippen LogP contribution is -2.11. The van der Waals surface area contributed by atoms with E-state index in [1.807, 2.05) is 20.8 Å². The highest BCUT2D eigenvalue weighted by atomic mass is 32.2. The summed E-state index contributed by atoms with van der Waals surface area (Å²) in [5.74, 6) is -0.0972. The first kappa shape index (κ1) is 20.2. The van der Waals surface area contributed by atoms with Gasteiger partial charge in [-0.3, -0.25) is 0 Å². The van der Waals surface area contributed by atoms with Crippen molar-refractivity contribution >= 4 is 20.0 Å². The molecule has 1 N–H and O–H groups in total. The molecule has 0 radical (unpaired) electrons. The Bertz CT molecular complexity index is 1180. The number of nitrogens with one attached hydrogen (secondary N) is 1. The van der Waals surface area contributed by atoms with Crippen molar-refractivity contribution < 1.29 is 21.0 Å². The van der Waals surface area contributed by atoms with Gasteiger partial charge >= 0.3 is 10.1 Å².